The number of esters is 1. The second kappa shape index (κ2) is 6.10. The van der Waals surface area contributed by atoms with Crippen LogP contribution in [0.25, 0.3) is 11.1 Å². The highest BCUT2D eigenvalue weighted by Gasteiger charge is 2.14. The first kappa shape index (κ1) is 13.9. The van der Waals surface area contributed by atoms with E-state index in [1.807, 2.05) is 30.3 Å². The van der Waals surface area contributed by atoms with Gasteiger partial charge in [0.2, 0.25) is 0 Å². The van der Waals surface area contributed by atoms with Crippen molar-refractivity contribution in [3.8, 4) is 22.6 Å². The zero-order valence-corrected chi connectivity index (χ0v) is 11.7. The minimum absolute atomic E-state index is 0.365. The van der Waals surface area contributed by atoms with Crippen molar-refractivity contribution in [1.82, 2.24) is 0 Å². The Kier molecular flexibility index (Phi) is 4.25. The number of benzene rings is 2. The van der Waals surface area contributed by atoms with Crippen molar-refractivity contribution >= 4 is 5.97 Å². The van der Waals surface area contributed by atoms with Crippen molar-refractivity contribution in [3.05, 3.63) is 48.0 Å². The summed E-state index contributed by atoms with van der Waals surface area (Å²) in [5.41, 5.74) is 2.17. The van der Waals surface area contributed by atoms with Crippen LogP contribution < -0.4 is 9.47 Å². The summed E-state index contributed by atoms with van der Waals surface area (Å²) in [5, 5.41) is 0. The lowest BCUT2D eigenvalue weighted by molar-refractivity contribution is 0.0601. The predicted molar refractivity (Wildman–Crippen MR) is 76.3 cm³/mol. The molecule has 0 saturated heterocycles. The number of methoxy groups -OCH3 is 3. The molecule has 20 heavy (non-hydrogen) atoms. The zero-order chi connectivity index (χ0) is 14.5. The van der Waals surface area contributed by atoms with Crippen LogP contribution >= 0.6 is 0 Å². The maximum absolute atomic E-state index is 11.8. The van der Waals surface area contributed by atoms with Gasteiger partial charge in [-0.3, -0.25) is 0 Å². The average Bonchev–Trinajstić information content (AvgIpc) is 2.53. The first-order valence-corrected chi connectivity index (χ1v) is 6.11. The van der Waals surface area contributed by atoms with Crippen LogP contribution in [0.3, 0.4) is 0 Å². The molecule has 4 nitrogen and oxygen atoms in total. The van der Waals surface area contributed by atoms with Gasteiger partial charge < -0.3 is 14.2 Å². The van der Waals surface area contributed by atoms with Gasteiger partial charge in [-0.2, -0.15) is 0 Å². The van der Waals surface area contributed by atoms with E-state index in [1.165, 1.54) is 7.11 Å². The molecule has 2 aromatic rings. The molecule has 104 valence electrons. The molecule has 0 aliphatic heterocycles. The van der Waals surface area contributed by atoms with E-state index >= 15 is 0 Å². The van der Waals surface area contributed by atoms with Crippen molar-refractivity contribution in [3.63, 3.8) is 0 Å². The lowest BCUT2D eigenvalue weighted by Gasteiger charge is -2.12. The van der Waals surface area contributed by atoms with Crippen molar-refractivity contribution in [1.29, 1.82) is 0 Å². The molecule has 4 heteroatoms. The van der Waals surface area contributed by atoms with Crippen molar-refractivity contribution < 1.29 is 19.0 Å². The smallest absolute Gasteiger partial charge is 0.338 e. The molecule has 0 atom stereocenters. The monoisotopic (exact) mass is 272 g/mol. The molecule has 0 amide bonds. The number of hydrogen-bond donors (Lipinski definition) is 0. The largest absolute Gasteiger partial charge is 0.493 e. The van der Waals surface area contributed by atoms with E-state index < -0.39 is 0 Å². The highest BCUT2D eigenvalue weighted by molar-refractivity contribution is 5.97. The molecule has 0 saturated carbocycles. The Morgan fingerprint density at radius 1 is 0.900 bits per heavy atom. The maximum Gasteiger partial charge on any atom is 0.338 e. The van der Waals surface area contributed by atoms with E-state index in [2.05, 4.69) is 0 Å². The minimum Gasteiger partial charge on any atom is -0.493 e. The Labute approximate surface area is 117 Å². The fourth-order valence-electron chi connectivity index (χ4n) is 2.03. The third kappa shape index (κ3) is 2.59. The van der Waals surface area contributed by atoms with Crippen molar-refractivity contribution in [2.75, 3.05) is 21.3 Å². The van der Waals surface area contributed by atoms with E-state index in [1.54, 1.807) is 26.4 Å². The van der Waals surface area contributed by atoms with Crippen LogP contribution in [0.2, 0.25) is 0 Å². The fraction of sp³-hybridized carbons (Fsp3) is 0.188. The summed E-state index contributed by atoms with van der Waals surface area (Å²) in [6.45, 7) is 0. The van der Waals surface area contributed by atoms with Crippen LogP contribution in [0.15, 0.2) is 42.5 Å². The van der Waals surface area contributed by atoms with Crippen LogP contribution in [0.5, 0.6) is 11.5 Å². The van der Waals surface area contributed by atoms with Gasteiger partial charge >= 0.3 is 5.97 Å². The van der Waals surface area contributed by atoms with Gasteiger partial charge in [0.15, 0.2) is 11.5 Å². The van der Waals surface area contributed by atoms with Gasteiger partial charge in [0.25, 0.3) is 0 Å². The molecular formula is C16H16O4. The summed E-state index contributed by atoms with van der Waals surface area (Å²) < 4.78 is 15.3. The van der Waals surface area contributed by atoms with Gasteiger partial charge in [0.05, 0.1) is 26.9 Å². The number of hydrogen-bond acceptors (Lipinski definition) is 4. The minimum atomic E-state index is -0.365. The van der Waals surface area contributed by atoms with E-state index in [-0.39, 0.29) is 5.97 Å². The number of ether oxygens (including phenoxy) is 3. The number of carbonyl (C=O) groups is 1. The van der Waals surface area contributed by atoms with E-state index in [4.69, 9.17) is 14.2 Å². The van der Waals surface area contributed by atoms with Gasteiger partial charge in [-0.1, -0.05) is 24.3 Å². The fourth-order valence-corrected chi connectivity index (χ4v) is 2.03. The molecular weight excluding hydrogens is 256 g/mol. The summed E-state index contributed by atoms with van der Waals surface area (Å²) in [6.07, 6.45) is 0. The highest BCUT2D eigenvalue weighted by atomic mass is 16.5. The number of carbonyl (C=O) groups excluding carboxylic acids is 1. The van der Waals surface area contributed by atoms with E-state index in [0.29, 0.717) is 17.1 Å². The summed E-state index contributed by atoms with van der Waals surface area (Å²) in [6, 6.07) is 12.8. The van der Waals surface area contributed by atoms with Crippen LogP contribution in [0, 0.1) is 0 Å². The Morgan fingerprint density at radius 2 is 1.60 bits per heavy atom. The summed E-state index contributed by atoms with van der Waals surface area (Å²) >= 11 is 0. The Bertz CT molecular complexity index is 620. The van der Waals surface area contributed by atoms with Crippen LogP contribution in [0.1, 0.15) is 10.4 Å². The van der Waals surface area contributed by atoms with Gasteiger partial charge in [0.1, 0.15) is 0 Å². The molecule has 0 spiro atoms. The first-order valence-electron chi connectivity index (χ1n) is 6.11. The van der Waals surface area contributed by atoms with E-state index in [9.17, 15) is 4.79 Å². The second-order valence-corrected chi connectivity index (χ2v) is 4.11. The molecule has 0 fully saturated rings. The second-order valence-electron chi connectivity index (χ2n) is 4.11. The van der Waals surface area contributed by atoms with Gasteiger partial charge in [-0.15, -0.1) is 0 Å². The van der Waals surface area contributed by atoms with Gasteiger partial charge in [-0.25, -0.2) is 4.79 Å². The molecule has 0 radical (unpaired) electrons. The van der Waals surface area contributed by atoms with Crippen LogP contribution in [-0.4, -0.2) is 27.3 Å². The van der Waals surface area contributed by atoms with E-state index in [0.717, 1.165) is 11.1 Å². The molecule has 0 aliphatic rings. The third-order valence-electron chi connectivity index (χ3n) is 3.03. The van der Waals surface area contributed by atoms with Gasteiger partial charge in [0, 0.05) is 0 Å². The zero-order valence-electron chi connectivity index (χ0n) is 11.7. The molecule has 0 heterocycles. The van der Waals surface area contributed by atoms with Crippen molar-refractivity contribution in [2.24, 2.45) is 0 Å². The predicted octanol–water partition coefficient (Wildman–Crippen LogP) is 3.16. The third-order valence-corrected chi connectivity index (χ3v) is 3.03. The van der Waals surface area contributed by atoms with Crippen LogP contribution in [-0.2, 0) is 4.74 Å². The molecule has 2 aromatic carbocycles. The molecule has 0 bridgehead atoms. The lowest BCUT2D eigenvalue weighted by Crippen LogP contribution is -2.03. The maximum atomic E-state index is 11.8. The molecule has 0 aromatic heterocycles. The molecule has 2 rings (SSSR count). The quantitative estimate of drug-likeness (QED) is 0.802. The molecule has 0 aliphatic carbocycles. The van der Waals surface area contributed by atoms with Crippen LogP contribution in [0.4, 0.5) is 0 Å². The Balaban J connectivity index is 2.54. The summed E-state index contributed by atoms with van der Waals surface area (Å²) in [5.74, 6) is 0.895. The summed E-state index contributed by atoms with van der Waals surface area (Å²) in [4.78, 5) is 11.8. The number of rotatable bonds is 4. The Hall–Kier alpha value is -2.49. The van der Waals surface area contributed by atoms with Gasteiger partial charge in [-0.05, 0) is 29.3 Å². The Morgan fingerprint density at radius 3 is 2.25 bits per heavy atom. The summed E-state index contributed by atoms with van der Waals surface area (Å²) in [7, 11) is 4.53. The average molecular weight is 272 g/mol. The SMILES string of the molecule is COC(=O)c1ccccc1-c1ccc(OC)c(OC)c1. The molecule has 0 N–H and O–H groups in total. The highest BCUT2D eigenvalue weighted by Crippen LogP contribution is 2.33. The first-order chi connectivity index (χ1) is 9.71. The lowest BCUT2D eigenvalue weighted by atomic mass is 9.99. The standard InChI is InChI=1S/C16H16O4/c1-18-14-9-8-11(10-15(14)19-2)12-6-4-5-7-13(12)16(17)20-3/h4-10H,1-3H3. The topological polar surface area (TPSA) is 44.8 Å². The van der Waals surface area contributed by atoms with Crippen molar-refractivity contribution in [2.45, 2.75) is 0 Å². The normalized spacial score (nSPS) is 9.95. The molecule has 0 unspecified atom stereocenters.